The van der Waals surface area contributed by atoms with Crippen molar-refractivity contribution >= 4 is 38.8 Å². The summed E-state index contributed by atoms with van der Waals surface area (Å²) in [6.07, 6.45) is 5.26. The van der Waals surface area contributed by atoms with Gasteiger partial charge in [0.1, 0.15) is 4.99 Å². The molecule has 0 bridgehead atoms. The number of morpholine rings is 1. The number of hydrogen-bond acceptors (Lipinski definition) is 3. The van der Waals surface area contributed by atoms with E-state index in [9.17, 15) is 0 Å². The first-order chi connectivity index (χ1) is 9.66. The minimum absolute atomic E-state index is 0.357. The molecule has 2 atom stereocenters. The first kappa shape index (κ1) is 14.3. The smallest absolute Gasteiger partial charge is 0.106 e. The van der Waals surface area contributed by atoms with Crippen molar-refractivity contribution in [3.63, 3.8) is 0 Å². The lowest BCUT2D eigenvalue weighted by atomic mass is 9.89. The fourth-order valence-electron chi connectivity index (χ4n) is 3.35. The van der Waals surface area contributed by atoms with Gasteiger partial charge in [0.25, 0.3) is 0 Å². The largest absolute Gasteiger partial charge is 0.389 e. The van der Waals surface area contributed by atoms with Crippen molar-refractivity contribution in [3.05, 3.63) is 28.2 Å². The molecule has 1 aliphatic carbocycles. The average Bonchev–Trinajstić information content (AvgIpc) is 2.46. The third-order valence-corrected chi connectivity index (χ3v) is 4.98. The number of hydrogen-bond donors (Lipinski definition) is 1. The van der Waals surface area contributed by atoms with Crippen LogP contribution in [0.4, 0.5) is 5.69 Å². The third-order valence-electron chi connectivity index (χ3n) is 4.27. The Hall–Kier alpha value is -0.650. The van der Waals surface area contributed by atoms with Gasteiger partial charge in [-0.2, -0.15) is 0 Å². The predicted molar refractivity (Wildman–Crippen MR) is 89.4 cm³/mol. The maximum absolute atomic E-state index is 5.95. The van der Waals surface area contributed by atoms with E-state index in [1.165, 1.54) is 19.3 Å². The van der Waals surface area contributed by atoms with Gasteiger partial charge in [-0.15, -0.1) is 0 Å². The van der Waals surface area contributed by atoms with E-state index in [1.807, 2.05) is 12.1 Å². The number of benzene rings is 1. The standard InChI is InChI=1S/C15H19BrN2OS/c16-10-5-6-11(15(17)20)13(9-10)18-7-8-19-14-4-2-1-3-12(14)18/h5-6,9,12,14H,1-4,7-8H2,(H2,17,20). The van der Waals surface area contributed by atoms with E-state index in [-0.39, 0.29) is 0 Å². The highest BCUT2D eigenvalue weighted by molar-refractivity contribution is 9.10. The summed E-state index contributed by atoms with van der Waals surface area (Å²) in [7, 11) is 0. The van der Waals surface area contributed by atoms with Gasteiger partial charge in [0.15, 0.2) is 0 Å². The summed E-state index contributed by atoms with van der Waals surface area (Å²) in [5.41, 5.74) is 8.01. The Morgan fingerprint density at radius 3 is 2.95 bits per heavy atom. The molecule has 3 nitrogen and oxygen atoms in total. The van der Waals surface area contributed by atoms with Crippen molar-refractivity contribution < 1.29 is 4.74 Å². The number of thiocarbonyl (C=S) groups is 1. The number of nitrogens with two attached hydrogens (primary N) is 1. The number of rotatable bonds is 2. The molecule has 2 N–H and O–H groups in total. The van der Waals surface area contributed by atoms with Gasteiger partial charge in [0.05, 0.1) is 18.8 Å². The van der Waals surface area contributed by atoms with Gasteiger partial charge in [-0.05, 0) is 31.0 Å². The zero-order valence-electron chi connectivity index (χ0n) is 11.3. The van der Waals surface area contributed by atoms with Crippen molar-refractivity contribution in [2.24, 2.45) is 5.73 Å². The monoisotopic (exact) mass is 354 g/mol. The quantitative estimate of drug-likeness (QED) is 0.827. The lowest BCUT2D eigenvalue weighted by Gasteiger charge is -2.45. The van der Waals surface area contributed by atoms with E-state index in [1.54, 1.807) is 0 Å². The zero-order chi connectivity index (χ0) is 14.1. The Bertz CT molecular complexity index is 521. The van der Waals surface area contributed by atoms with Crippen LogP contribution in [0.1, 0.15) is 31.2 Å². The molecule has 0 radical (unpaired) electrons. The molecule has 0 spiro atoms. The summed E-state index contributed by atoms with van der Waals surface area (Å²) in [4.78, 5) is 2.92. The lowest BCUT2D eigenvalue weighted by Crippen LogP contribution is -2.53. The van der Waals surface area contributed by atoms with Crippen molar-refractivity contribution in [2.75, 3.05) is 18.1 Å². The van der Waals surface area contributed by atoms with E-state index in [4.69, 9.17) is 22.7 Å². The second-order valence-corrected chi connectivity index (χ2v) is 6.84. The minimum atomic E-state index is 0.357. The van der Waals surface area contributed by atoms with E-state index in [2.05, 4.69) is 26.9 Å². The van der Waals surface area contributed by atoms with E-state index in [0.717, 1.165) is 35.3 Å². The molecule has 1 aromatic rings. The predicted octanol–water partition coefficient (Wildman–Crippen LogP) is 3.23. The van der Waals surface area contributed by atoms with Crippen molar-refractivity contribution in [1.29, 1.82) is 0 Å². The van der Waals surface area contributed by atoms with Gasteiger partial charge >= 0.3 is 0 Å². The normalized spacial score (nSPS) is 26.1. The van der Waals surface area contributed by atoms with Gasteiger partial charge in [0, 0.05) is 22.3 Å². The minimum Gasteiger partial charge on any atom is -0.389 e. The van der Waals surface area contributed by atoms with Gasteiger partial charge < -0.3 is 15.4 Å². The van der Waals surface area contributed by atoms with E-state index < -0.39 is 0 Å². The Balaban J connectivity index is 1.98. The summed E-state index contributed by atoms with van der Waals surface area (Å²) in [6.45, 7) is 1.69. The Labute approximate surface area is 133 Å². The highest BCUT2D eigenvalue weighted by atomic mass is 79.9. The van der Waals surface area contributed by atoms with Crippen LogP contribution in [0.3, 0.4) is 0 Å². The number of fused-ring (bicyclic) bond motifs is 1. The molecular formula is C15H19BrN2OS. The van der Waals surface area contributed by atoms with Crippen LogP contribution in [0, 0.1) is 0 Å². The Morgan fingerprint density at radius 2 is 2.15 bits per heavy atom. The van der Waals surface area contributed by atoms with E-state index in [0.29, 0.717) is 17.1 Å². The topological polar surface area (TPSA) is 38.5 Å². The summed E-state index contributed by atoms with van der Waals surface area (Å²) >= 11 is 8.77. The molecule has 1 aliphatic heterocycles. The van der Waals surface area contributed by atoms with Crippen molar-refractivity contribution in [3.8, 4) is 0 Å². The summed E-state index contributed by atoms with van der Waals surface area (Å²) in [5, 5.41) is 0. The number of nitrogens with zero attached hydrogens (tertiary/aromatic N) is 1. The van der Waals surface area contributed by atoms with Gasteiger partial charge in [-0.25, -0.2) is 0 Å². The number of anilines is 1. The molecule has 20 heavy (non-hydrogen) atoms. The fourth-order valence-corrected chi connectivity index (χ4v) is 3.87. The second kappa shape index (κ2) is 6.00. The van der Waals surface area contributed by atoms with Gasteiger partial charge in [-0.3, -0.25) is 0 Å². The molecule has 0 amide bonds. The molecule has 2 unspecified atom stereocenters. The fraction of sp³-hybridized carbons (Fsp3) is 0.533. The molecule has 1 heterocycles. The number of ether oxygens (including phenoxy) is 1. The molecule has 0 aromatic heterocycles. The summed E-state index contributed by atoms with van der Waals surface area (Å²) in [6, 6.07) is 6.59. The van der Waals surface area contributed by atoms with Crippen molar-refractivity contribution in [1.82, 2.24) is 0 Å². The maximum Gasteiger partial charge on any atom is 0.106 e. The highest BCUT2D eigenvalue weighted by Crippen LogP contribution is 2.34. The van der Waals surface area contributed by atoms with Crippen LogP contribution in [-0.2, 0) is 4.74 Å². The molecule has 2 fully saturated rings. The molecule has 1 aromatic carbocycles. The first-order valence-corrected chi connectivity index (χ1v) is 8.34. The molecular weight excluding hydrogens is 336 g/mol. The van der Waals surface area contributed by atoms with Gasteiger partial charge in [-0.1, -0.05) is 41.0 Å². The van der Waals surface area contributed by atoms with Crippen LogP contribution in [0.5, 0.6) is 0 Å². The number of halogens is 1. The second-order valence-electron chi connectivity index (χ2n) is 5.48. The molecule has 108 valence electrons. The van der Waals surface area contributed by atoms with Crippen LogP contribution in [0.15, 0.2) is 22.7 Å². The molecule has 5 heteroatoms. The van der Waals surface area contributed by atoms with Crippen LogP contribution in [0.2, 0.25) is 0 Å². The SMILES string of the molecule is NC(=S)c1ccc(Br)cc1N1CCOC2CCCCC21. The van der Waals surface area contributed by atoms with E-state index >= 15 is 0 Å². The summed E-state index contributed by atoms with van der Waals surface area (Å²) < 4.78 is 7.01. The zero-order valence-corrected chi connectivity index (χ0v) is 13.8. The molecule has 3 rings (SSSR count). The lowest BCUT2D eigenvalue weighted by molar-refractivity contribution is -0.00868. The van der Waals surface area contributed by atoms with Gasteiger partial charge in [0.2, 0.25) is 0 Å². The Morgan fingerprint density at radius 1 is 1.35 bits per heavy atom. The van der Waals surface area contributed by atoms with Crippen LogP contribution < -0.4 is 10.6 Å². The third kappa shape index (κ3) is 2.71. The highest BCUT2D eigenvalue weighted by Gasteiger charge is 2.35. The summed E-state index contributed by atoms with van der Waals surface area (Å²) in [5.74, 6) is 0. The Kier molecular flexibility index (Phi) is 4.29. The molecule has 1 saturated heterocycles. The van der Waals surface area contributed by atoms with Crippen LogP contribution in [-0.4, -0.2) is 30.3 Å². The molecule has 1 saturated carbocycles. The maximum atomic E-state index is 5.95. The molecule has 2 aliphatic rings. The van der Waals surface area contributed by atoms with Crippen LogP contribution in [0.25, 0.3) is 0 Å². The first-order valence-electron chi connectivity index (χ1n) is 7.14. The van der Waals surface area contributed by atoms with Crippen molar-refractivity contribution in [2.45, 2.75) is 37.8 Å². The average molecular weight is 355 g/mol. The van der Waals surface area contributed by atoms with Crippen LogP contribution >= 0.6 is 28.1 Å².